The molecule has 2 fully saturated rings. The molecule has 5 atom stereocenters. The molecule has 1 amide bonds. The normalized spacial score (nSPS) is 26.5. The fourth-order valence-corrected chi connectivity index (χ4v) is 9.19. The number of amides is 1. The number of nitrogens with zero attached hydrogens (tertiary/aromatic N) is 2. The van der Waals surface area contributed by atoms with Gasteiger partial charge in [0.25, 0.3) is 0 Å². The Labute approximate surface area is 295 Å². The first kappa shape index (κ1) is 35.1. The van der Waals surface area contributed by atoms with Crippen LogP contribution in [0.2, 0.25) is 0 Å². The monoisotopic (exact) mass is 704 g/mol. The Balaban J connectivity index is 1.24. The molecule has 7 rings (SSSR count). The first-order chi connectivity index (χ1) is 24.3. The molecule has 8 nitrogen and oxygen atoms in total. The van der Waals surface area contributed by atoms with E-state index >= 15 is 0 Å². The van der Waals surface area contributed by atoms with Crippen molar-refractivity contribution in [3.05, 3.63) is 95.1 Å². The van der Waals surface area contributed by atoms with Gasteiger partial charge in [-0.15, -0.1) is 13.2 Å². The van der Waals surface area contributed by atoms with Gasteiger partial charge in [-0.1, -0.05) is 62.4 Å². The minimum absolute atomic E-state index is 0.0825. The quantitative estimate of drug-likeness (QED) is 0.147. The number of ether oxygens (including phenoxy) is 3. The van der Waals surface area contributed by atoms with E-state index in [0.29, 0.717) is 49.3 Å². The zero-order valence-electron chi connectivity index (χ0n) is 29.0. The number of benzene rings is 3. The third kappa shape index (κ3) is 6.39. The van der Waals surface area contributed by atoms with E-state index in [-0.39, 0.29) is 23.6 Å². The second-order valence-electron chi connectivity index (χ2n) is 14.6. The van der Waals surface area contributed by atoms with Crippen LogP contribution in [-0.2, 0) is 27.8 Å². The van der Waals surface area contributed by atoms with Crippen LogP contribution in [0.4, 0.5) is 13.2 Å². The number of aliphatic hydroxyl groups is 1. The Morgan fingerprint density at radius 1 is 1.10 bits per heavy atom. The second-order valence-corrected chi connectivity index (χ2v) is 14.6. The molecular formula is C40H43F3N2O6. The first-order valence-corrected chi connectivity index (χ1v) is 17.7. The van der Waals surface area contributed by atoms with E-state index in [0.717, 1.165) is 30.6 Å². The van der Waals surface area contributed by atoms with Gasteiger partial charge in [0.1, 0.15) is 11.9 Å². The lowest BCUT2D eigenvalue weighted by atomic mass is 9.48. The molecule has 0 radical (unpaired) electrons. The lowest BCUT2D eigenvalue weighted by molar-refractivity contribution is -0.274. The van der Waals surface area contributed by atoms with Gasteiger partial charge < -0.3 is 24.2 Å². The molecular weight excluding hydrogens is 661 g/mol. The molecule has 2 bridgehead atoms. The fraction of sp³-hybridized carbons (Fsp3) is 0.450. The van der Waals surface area contributed by atoms with Crippen molar-refractivity contribution < 1.29 is 42.1 Å². The summed E-state index contributed by atoms with van der Waals surface area (Å²) in [6, 6.07) is 18.9. The summed E-state index contributed by atoms with van der Waals surface area (Å²) in [7, 11) is 0. The molecule has 11 heteroatoms. The highest BCUT2D eigenvalue weighted by Crippen LogP contribution is 2.66. The summed E-state index contributed by atoms with van der Waals surface area (Å²) in [5.41, 5.74) is 1.51. The van der Waals surface area contributed by atoms with Crippen molar-refractivity contribution in [3.63, 3.8) is 0 Å². The van der Waals surface area contributed by atoms with Crippen molar-refractivity contribution >= 4 is 18.0 Å². The summed E-state index contributed by atoms with van der Waals surface area (Å²) in [6.45, 7) is 7.27. The Hall–Kier alpha value is -4.35. The lowest BCUT2D eigenvalue weighted by Crippen LogP contribution is -2.78. The third-order valence-electron chi connectivity index (χ3n) is 11.1. The highest BCUT2D eigenvalue weighted by molar-refractivity contribution is 5.92. The Morgan fingerprint density at radius 3 is 2.61 bits per heavy atom. The van der Waals surface area contributed by atoms with Gasteiger partial charge in [-0.25, -0.2) is 0 Å². The van der Waals surface area contributed by atoms with E-state index in [9.17, 15) is 27.9 Å². The van der Waals surface area contributed by atoms with Gasteiger partial charge in [-0.3, -0.25) is 14.5 Å². The van der Waals surface area contributed by atoms with Crippen molar-refractivity contribution in [2.75, 3.05) is 19.6 Å². The largest absolute Gasteiger partial charge is 0.573 e. The van der Waals surface area contributed by atoms with Crippen molar-refractivity contribution in [2.24, 2.45) is 5.92 Å². The van der Waals surface area contributed by atoms with Crippen LogP contribution in [0.3, 0.4) is 0 Å². The summed E-state index contributed by atoms with van der Waals surface area (Å²) in [5, 5.41) is 13.1. The van der Waals surface area contributed by atoms with Gasteiger partial charge in [0.2, 0.25) is 5.91 Å². The van der Waals surface area contributed by atoms with E-state index in [4.69, 9.17) is 9.47 Å². The van der Waals surface area contributed by atoms with Gasteiger partial charge in [0.15, 0.2) is 11.5 Å². The predicted molar refractivity (Wildman–Crippen MR) is 184 cm³/mol. The highest BCUT2D eigenvalue weighted by atomic mass is 19.4. The maximum atomic E-state index is 14.2. The van der Waals surface area contributed by atoms with Crippen LogP contribution >= 0.6 is 0 Å². The van der Waals surface area contributed by atoms with Crippen LogP contribution in [0.5, 0.6) is 17.2 Å². The molecule has 1 spiro atoms. The Kier molecular flexibility index (Phi) is 9.16. The summed E-state index contributed by atoms with van der Waals surface area (Å²) >= 11 is 0. The number of hydrogen-bond acceptors (Lipinski definition) is 7. The summed E-state index contributed by atoms with van der Waals surface area (Å²) < 4.78 is 55.2. The Morgan fingerprint density at radius 2 is 1.88 bits per heavy atom. The van der Waals surface area contributed by atoms with Gasteiger partial charge >= 0.3 is 12.3 Å². The molecule has 3 aromatic carbocycles. The number of halogens is 3. The molecule has 1 N–H and O–H groups in total. The molecule has 0 aromatic heterocycles. The number of likely N-dealkylation sites (tertiary alicyclic amines) is 1. The molecule has 4 aliphatic rings. The van der Waals surface area contributed by atoms with E-state index in [2.05, 4.69) is 21.8 Å². The van der Waals surface area contributed by atoms with Crippen LogP contribution in [-0.4, -0.2) is 76.6 Å². The molecule has 1 saturated carbocycles. The minimum Gasteiger partial charge on any atom is -0.483 e. The average Bonchev–Trinajstić information content (AvgIpc) is 3.42. The average molecular weight is 705 g/mol. The van der Waals surface area contributed by atoms with E-state index in [1.807, 2.05) is 38.1 Å². The summed E-state index contributed by atoms with van der Waals surface area (Å²) in [4.78, 5) is 30.6. The van der Waals surface area contributed by atoms with Crippen LogP contribution in [0.15, 0.2) is 72.8 Å². The third-order valence-corrected chi connectivity index (χ3v) is 11.1. The maximum absolute atomic E-state index is 14.2. The predicted octanol–water partition coefficient (Wildman–Crippen LogP) is 6.47. The minimum atomic E-state index is -4.83. The summed E-state index contributed by atoms with van der Waals surface area (Å²) in [6.07, 6.45) is 0.360. The molecule has 2 heterocycles. The van der Waals surface area contributed by atoms with Gasteiger partial charge in [0, 0.05) is 37.7 Å². The van der Waals surface area contributed by atoms with Crippen molar-refractivity contribution in [1.29, 1.82) is 0 Å². The number of hydrogen-bond donors (Lipinski definition) is 1. The van der Waals surface area contributed by atoms with Crippen LogP contribution in [0.25, 0.3) is 6.08 Å². The number of carbonyl (C=O) groups excluding carboxylic acids is 2. The van der Waals surface area contributed by atoms with Crippen molar-refractivity contribution in [3.8, 4) is 17.2 Å². The lowest BCUT2D eigenvalue weighted by Gasteiger charge is -2.65. The number of alkyl halides is 3. The van der Waals surface area contributed by atoms with Gasteiger partial charge in [0.05, 0.1) is 17.1 Å². The smallest absolute Gasteiger partial charge is 0.483 e. The van der Waals surface area contributed by atoms with E-state index in [1.165, 1.54) is 42.8 Å². The van der Waals surface area contributed by atoms with Crippen molar-refractivity contribution in [1.82, 2.24) is 9.80 Å². The van der Waals surface area contributed by atoms with E-state index < -0.39 is 35.5 Å². The van der Waals surface area contributed by atoms with Crippen LogP contribution < -0.4 is 14.2 Å². The molecule has 0 unspecified atom stereocenters. The molecule has 2 aliphatic carbocycles. The Bertz CT molecular complexity index is 1830. The number of piperidine rings is 1. The molecule has 270 valence electrons. The van der Waals surface area contributed by atoms with Crippen LogP contribution in [0, 0.1) is 5.92 Å². The zero-order chi connectivity index (χ0) is 36.1. The van der Waals surface area contributed by atoms with E-state index in [1.54, 1.807) is 17.0 Å². The molecule has 3 aromatic rings. The molecule has 2 aliphatic heterocycles. The standard InChI is InChI=1S/C40H43F3N2O6/c1-25(2)24-45(34(47)15-12-28-10-7-11-30(22-28)51-40(41,42)43)31-16-18-39(48)33-23-29-13-14-32(49-26(3)46)36-35(29)38(39,37(31)50-36)19-21-44(33)20-17-27-8-5-4-6-9-27/h4-15,22,25,31,33,37,48H,16-21,23-24H2,1-3H3/t31-,33+,37-,38-,39+/m0/s1. The van der Waals surface area contributed by atoms with Gasteiger partial charge in [-0.05, 0) is 85.5 Å². The summed E-state index contributed by atoms with van der Waals surface area (Å²) in [5.74, 6) is -0.323. The SMILES string of the molecule is CC(=O)Oc1ccc2c3c1O[C@H]1[C@@H](N(CC(C)C)C(=O)C=Cc4cccc(OC(F)(F)F)c4)CC[C@@]4(O)[C@@H](C2)N(CCc2ccccc2)CC[C@]314. The zero-order valence-corrected chi connectivity index (χ0v) is 29.0. The van der Waals surface area contributed by atoms with Gasteiger partial charge in [-0.2, -0.15) is 0 Å². The number of rotatable bonds is 10. The maximum Gasteiger partial charge on any atom is 0.573 e. The fourth-order valence-electron chi connectivity index (χ4n) is 9.19. The first-order valence-electron chi connectivity index (χ1n) is 17.7. The number of carbonyl (C=O) groups is 2. The second kappa shape index (κ2) is 13.3. The highest BCUT2D eigenvalue weighted by Gasteiger charge is 2.73. The topological polar surface area (TPSA) is 88.5 Å². The number of esters is 1. The molecule has 1 saturated heterocycles. The van der Waals surface area contributed by atoms with Crippen molar-refractivity contribution in [2.45, 2.75) is 88.4 Å². The molecule has 51 heavy (non-hydrogen) atoms. The van der Waals surface area contributed by atoms with Crippen LogP contribution in [0.1, 0.15) is 62.3 Å².